The van der Waals surface area contributed by atoms with Gasteiger partial charge >= 0.3 is 0 Å². The van der Waals surface area contributed by atoms with Gasteiger partial charge in [0.2, 0.25) is 0 Å². The van der Waals surface area contributed by atoms with E-state index >= 15 is 0 Å². The maximum absolute atomic E-state index is 5.55. The lowest BCUT2D eigenvalue weighted by Gasteiger charge is -2.30. The number of rotatable bonds is 4. The second-order valence-corrected chi connectivity index (χ2v) is 4.37. The molecule has 4 nitrogen and oxygen atoms in total. The molecule has 0 aliphatic carbocycles. The van der Waals surface area contributed by atoms with Gasteiger partial charge in [-0.05, 0) is 19.4 Å². The van der Waals surface area contributed by atoms with Crippen LogP contribution >= 0.6 is 0 Å². The predicted octanol–water partition coefficient (Wildman–Crippen LogP) is 2.31. The van der Waals surface area contributed by atoms with Crippen molar-refractivity contribution in [3.05, 3.63) is 17.2 Å². The van der Waals surface area contributed by atoms with E-state index < -0.39 is 0 Å². The molecule has 1 aromatic rings. The molecule has 1 atom stereocenters. The van der Waals surface area contributed by atoms with Crippen molar-refractivity contribution in [3.63, 3.8) is 0 Å². The molecular weight excluding hydrogens is 230 g/mol. The molecule has 0 bridgehead atoms. The first-order valence-corrected chi connectivity index (χ1v) is 6.31. The van der Waals surface area contributed by atoms with Crippen molar-refractivity contribution in [1.82, 2.24) is 5.32 Å². The summed E-state index contributed by atoms with van der Waals surface area (Å²) in [4.78, 5) is 0. The third kappa shape index (κ3) is 2.01. The standard InChI is InChI=1S/C14H21NO3/c1-5-10-13-9(6-7-15-10)11(16-2)8-12(17-3)14(13)18-4/h8,10,15H,5-7H2,1-4H3. The number of hydrogen-bond acceptors (Lipinski definition) is 4. The summed E-state index contributed by atoms with van der Waals surface area (Å²) >= 11 is 0. The first kappa shape index (κ1) is 13.0. The van der Waals surface area contributed by atoms with Crippen LogP contribution in [0.2, 0.25) is 0 Å². The van der Waals surface area contributed by atoms with Crippen LogP contribution in [0.25, 0.3) is 0 Å². The minimum atomic E-state index is 0.299. The largest absolute Gasteiger partial charge is 0.496 e. The number of methoxy groups -OCH3 is 3. The van der Waals surface area contributed by atoms with Crippen LogP contribution in [0.1, 0.15) is 30.5 Å². The van der Waals surface area contributed by atoms with Gasteiger partial charge in [0.1, 0.15) is 5.75 Å². The van der Waals surface area contributed by atoms with Crippen LogP contribution in [-0.4, -0.2) is 27.9 Å². The van der Waals surface area contributed by atoms with E-state index in [-0.39, 0.29) is 0 Å². The highest BCUT2D eigenvalue weighted by molar-refractivity contribution is 5.59. The molecule has 1 N–H and O–H groups in total. The normalized spacial score (nSPS) is 18.1. The maximum atomic E-state index is 5.55. The molecule has 18 heavy (non-hydrogen) atoms. The molecule has 1 heterocycles. The van der Waals surface area contributed by atoms with Gasteiger partial charge in [0.25, 0.3) is 0 Å². The van der Waals surface area contributed by atoms with Crippen molar-refractivity contribution in [2.24, 2.45) is 0 Å². The second-order valence-electron chi connectivity index (χ2n) is 4.37. The van der Waals surface area contributed by atoms with Crippen molar-refractivity contribution < 1.29 is 14.2 Å². The molecule has 2 rings (SSSR count). The zero-order valence-corrected chi connectivity index (χ0v) is 11.5. The number of fused-ring (bicyclic) bond motifs is 1. The summed E-state index contributed by atoms with van der Waals surface area (Å²) in [6.07, 6.45) is 1.97. The van der Waals surface area contributed by atoms with E-state index in [2.05, 4.69) is 12.2 Å². The molecule has 4 heteroatoms. The van der Waals surface area contributed by atoms with Crippen LogP contribution < -0.4 is 19.5 Å². The van der Waals surface area contributed by atoms with Crippen LogP contribution in [0.15, 0.2) is 6.07 Å². The third-order valence-electron chi connectivity index (χ3n) is 3.52. The van der Waals surface area contributed by atoms with Gasteiger partial charge in [0.05, 0.1) is 21.3 Å². The van der Waals surface area contributed by atoms with E-state index in [1.54, 1.807) is 21.3 Å². The van der Waals surface area contributed by atoms with E-state index in [0.717, 1.165) is 36.6 Å². The summed E-state index contributed by atoms with van der Waals surface area (Å²) in [6, 6.07) is 2.21. The van der Waals surface area contributed by atoms with E-state index in [0.29, 0.717) is 6.04 Å². The maximum Gasteiger partial charge on any atom is 0.166 e. The lowest BCUT2D eigenvalue weighted by atomic mass is 9.90. The van der Waals surface area contributed by atoms with E-state index in [1.807, 2.05) is 6.07 Å². The van der Waals surface area contributed by atoms with E-state index in [4.69, 9.17) is 14.2 Å². The zero-order chi connectivity index (χ0) is 13.1. The first-order valence-electron chi connectivity index (χ1n) is 6.31. The molecule has 0 saturated heterocycles. The first-order chi connectivity index (χ1) is 8.76. The zero-order valence-electron chi connectivity index (χ0n) is 11.5. The van der Waals surface area contributed by atoms with Crippen molar-refractivity contribution in [1.29, 1.82) is 0 Å². The van der Waals surface area contributed by atoms with Crippen molar-refractivity contribution in [3.8, 4) is 17.2 Å². The molecule has 0 radical (unpaired) electrons. The van der Waals surface area contributed by atoms with Gasteiger partial charge in [-0.25, -0.2) is 0 Å². The smallest absolute Gasteiger partial charge is 0.166 e. The fourth-order valence-electron chi connectivity index (χ4n) is 2.67. The Bertz CT molecular complexity index is 409. The Balaban J connectivity index is 2.65. The number of benzene rings is 1. The summed E-state index contributed by atoms with van der Waals surface area (Å²) in [5.74, 6) is 2.45. The Kier molecular flexibility index (Phi) is 3.97. The summed E-state index contributed by atoms with van der Waals surface area (Å²) < 4.78 is 16.4. The van der Waals surface area contributed by atoms with Gasteiger partial charge in [-0.2, -0.15) is 0 Å². The minimum Gasteiger partial charge on any atom is -0.496 e. The van der Waals surface area contributed by atoms with Gasteiger partial charge in [-0.1, -0.05) is 6.92 Å². The summed E-state index contributed by atoms with van der Waals surface area (Å²) in [5.41, 5.74) is 2.42. The second kappa shape index (κ2) is 5.48. The highest BCUT2D eigenvalue weighted by atomic mass is 16.5. The lowest BCUT2D eigenvalue weighted by Crippen LogP contribution is -2.30. The molecule has 0 aromatic heterocycles. The molecule has 1 unspecified atom stereocenters. The molecule has 0 saturated carbocycles. The predicted molar refractivity (Wildman–Crippen MR) is 70.8 cm³/mol. The summed E-state index contributed by atoms with van der Waals surface area (Å²) in [6.45, 7) is 3.13. The van der Waals surface area contributed by atoms with Gasteiger partial charge in [0.15, 0.2) is 11.5 Å². The fourth-order valence-corrected chi connectivity index (χ4v) is 2.67. The van der Waals surface area contributed by atoms with Gasteiger partial charge in [0, 0.05) is 23.2 Å². The summed E-state index contributed by atoms with van der Waals surface area (Å²) in [7, 11) is 5.04. The molecule has 100 valence electrons. The van der Waals surface area contributed by atoms with Crippen LogP contribution in [0.5, 0.6) is 17.2 Å². The van der Waals surface area contributed by atoms with E-state index in [1.165, 1.54) is 11.1 Å². The highest BCUT2D eigenvalue weighted by Gasteiger charge is 2.28. The molecule has 1 aromatic carbocycles. The molecule has 0 spiro atoms. The quantitative estimate of drug-likeness (QED) is 0.891. The lowest BCUT2D eigenvalue weighted by molar-refractivity contribution is 0.332. The Morgan fingerprint density at radius 1 is 1.17 bits per heavy atom. The Morgan fingerprint density at radius 2 is 1.89 bits per heavy atom. The van der Waals surface area contributed by atoms with Crippen molar-refractivity contribution in [2.45, 2.75) is 25.8 Å². The Labute approximate surface area is 108 Å². The van der Waals surface area contributed by atoms with Gasteiger partial charge in [-0.15, -0.1) is 0 Å². The van der Waals surface area contributed by atoms with Crippen LogP contribution in [0.4, 0.5) is 0 Å². The molecule has 0 amide bonds. The van der Waals surface area contributed by atoms with Crippen molar-refractivity contribution in [2.75, 3.05) is 27.9 Å². The topological polar surface area (TPSA) is 39.7 Å². The van der Waals surface area contributed by atoms with Gasteiger partial charge in [-0.3, -0.25) is 0 Å². The average molecular weight is 251 g/mol. The molecular formula is C14H21NO3. The molecule has 1 aliphatic rings. The van der Waals surface area contributed by atoms with Crippen LogP contribution in [0.3, 0.4) is 0 Å². The third-order valence-corrected chi connectivity index (χ3v) is 3.52. The fraction of sp³-hybridized carbons (Fsp3) is 0.571. The van der Waals surface area contributed by atoms with Crippen molar-refractivity contribution >= 4 is 0 Å². The SMILES string of the molecule is CCC1NCCc2c(OC)cc(OC)c(OC)c21. The minimum absolute atomic E-state index is 0.299. The van der Waals surface area contributed by atoms with Crippen LogP contribution in [0, 0.1) is 0 Å². The number of ether oxygens (including phenoxy) is 3. The van der Waals surface area contributed by atoms with Crippen LogP contribution in [-0.2, 0) is 6.42 Å². The Hall–Kier alpha value is -1.42. The highest BCUT2D eigenvalue weighted by Crippen LogP contribution is 2.44. The number of hydrogen-bond donors (Lipinski definition) is 1. The molecule has 1 aliphatic heterocycles. The summed E-state index contributed by atoms with van der Waals surface area (Å²) in [5, 5.41) is 3.51. The van der Waals surface area contributed by atoms with Gasteiger partial charge < -0.3 is 19.5 Å². The average Bonchev–Trinajstić information content (AvgIpc) is 2.44. The molecule has 0 fully saturated rings. The van der Waals surface area contributed by atoms with E-state index in [9.17, 15) is 0 Å². The monoisotopic (exact) mass is 251 g/mol. The Morgan fingerprint density at radius 3 is 2.44 bits per heavy atom. The number of nitrogens with one attached hydrogen (secondary N) is 1.